The largest absolute Gasteiger partial charge is 0.327 e. The monoisotopic (exact) mass is 216 g/mol. The summed E-state index contributed by atoms with van der Waals surface area (Å²) in [5, 5.41) is 0. The maximum Gasteiger partial charge on any atom is 0.0233 e. The minimum atomic E-state index is 0.464. The lowest BCUT2D eigenvalue weighted by Crippen LogP contribution is -2.30. The van der Waals surface area contributed by atoms with E-state index in [9.17, 15) is 0 Å². The molecule has 2 heteroatoms. The van der Waals surface area contributed by atoms with Crippen molar-refractivity contribution in [2.24, 2.45) is 17.6 Å². The summed E-state index contributed by atoms with van der Waals surface area (Å²) in [6, 6.07) is 11.2. The number of nitrogens with two attached hydrogens (primary N) is 1. The molecule has 0 aromatic heterocycles. The Bertz CT molecular complexity index is 349. The highest BCUT2D eigenvalue weighted by molar-refractivity contribution is 5.15. The van der Waals surface area contributed by atoms with Gasteiger partial charge in [0.25, 0.3) is 0 Å². The third-order valence-corrected chi connectivity index (χ3v) is 4.24. The summed E-state index contributed by atoms with van der Waals surface area (Å²) in [4.78, 5) is 2.57. The van der Waals surface area contributed by atoms with E-state index < -0.39 is 0 Å². The van der Waals surface area contributed by atoms with Gasteiger partial charge in [0, 0.05) is 25.7 Å². The van der Waals surface area contributed by atoms with Crippen molar-refractivity contribution < 1.29 is 0 Å². The molecule has 3 rings (SSSR count). The first-order valence-corrected chi connectivity index (χ1v) is 6.35. The van der Waals surface area contributed by atoms with E-state index >= 15 is 0 Å². The summed E-state index contributed by atoms with van der Waals surface area (Å²) in [5.41, 5.74) is 7.58. The molecule has 2 fully saturated rings. The van der Waals surface area contributed by atoms with Crippen molar-refractivity contribution in [2.75, 3.05) is 13.1 Å². The van der Waals surface area contributed by atoms with Gasteiger partial charge in [0.15, 0.2) is 0 Å². The van der Waals surface area contributed by atoms with Crippen LogP contribution in [0.15, 0.2) is 30.3 Å². The second-order valence-corrected chi connectivity index (χ2v) is 5.34. The first-order chi connectivity index (χ1) is 7.83. The highest BCUT2D eigenvalue weighted by Crippen LogP contribution is 2.37. The molecule has 0 amide bonds. The van der Waals surface area contributed by atoms with Crippen molar-refractivity contribution in [3.63, 3.8) is 0 Å². The van der Waals surface area contributed by atoms with Crippen molar-refractivity contribution >= 4 is 0 Å². The fourth-order valence-corrected chi connectivity index (χ4v) is 3.37. The maximum atomic E-state index is 6.15. The fraction of sp³-hybridized carbons (Fsp3) is 0.571. The molecule has 2 unspecified atom stereocenters. The van der Waals surface area contributed by atoms with Crippen LogP contribution in [0.5, 0.6) is 0 Å². The molecule has 3 atom stereocenters. The summed E-state index contributed by atoms with van der Waals surface area (Å²) in [7, 11) is 0. The highest BCUT2D eigenvalue weighted by atomic mass is 15.2. The van der Waals surface area contributed by atoms with Crippen LogP contribution in [0, 0.1) is 11.8 Å². The topological polar surface area (TPSA) is 29.3 Å². The molecule has 2 nitrogen and oxygen atoms in total. The molecule has 0 bridgehead atoms. The molecule has 1 saturated carbocycles. The van der Waals surface area contributed by atoms with Crippen molar-refractivity contribution in [3.8, 4) is 0 Å². The summed E-state index contributed by atoms with van der Waals surface area (Å²) in [5.74, 6) is 1.64. The number of benzene rings is 1. The number of hydrogen-bond donors (Lipinski definition) is 1. The Balaban J connectivity index is 1.63. The minimum absolute atomic E-state index is 0.464. The Morgan fingerprint density at radius 1 is 1.12 bits per heavy atom. The van der Waals surface area contributed by atoms with Crippen LogP contribution in [0.3, 0.4) is 0 Å². The van der Waals surface area contributed by atoms with E-state index in [1.54, 1.807) is 0 Å². The number of likely N-dealkylation sites (tertiary alicyclic amines) is 1. The van der Waals surface area contributed by atoms with E-state index in [1.807, 2.05) is 0 Å². The Hall–Kier alpha value is -0.860. The van der Waals surface area contributed by atoms with Gasteiger partial charge in [-0.1, -0.05) is 30.3 Å². The van der Waals surface area contributed by atoms with Crippen molar-refractivity contribution in [1.29, 1.82) is 0 Å². The average Bonchev–Trinajstić information content (AvgIpc) is 2.83. The summed E-state index contributed by atoms with van der Waals surface area (Å²) in [6.45, 7) is 3.56. The fourth-order valence-electron chi connectivity index (χ4n) is 3.37. The molecule has 1 aliphatic heterocycles. The smallest absolute Gasteiger partial charge is 0.0233 e. The molecule has 2 N–H and O–H groups in total. The molecular formula is C14H20N2. The van der Waals surface area contributed by atoms with E-state index in [0.29, 0.717) is 6.04 Å². The molecule has 0 spiro atoms. The van der Waals surface area contributed by atoms with Gasteiger partial charge in [-0.25, -0.2) is 0 Å². The lowest BCUT2D eigenvalue weighted by Gasteiger charge is -2.18. The Morgan fingerprint density at radius 2 is 1.94 bits per heavy atom. The second kappa shape index (κ2) is 4.19. The number of hydrogen-bond acceptors (Lipinski definition) is 2. The Morgan fingerprint density at radius 3 is 2.69 bits per heavy atom. The molecule has 1 heterocycles. The lowest BCUT2D eigenvalue weighted by molar-refractivity contribution is 0.298. The van der Waals surface area contributed by atoms with Crippen molar-refractivity contribution in [1.82, 2.24) is 4.90 Å². The zero-order valence-electron chi connectivity index (χ0n) is 9.68. The van der Waals surface area contributed by atoms with Crippen LogP contribution in [0.25, 0.3) is 0 Å². The zero-order chi connectivity index (χ0) is 11.0. The summed E-state index contributed by atoms with van der Waals surface area (Å²) >= 11 is 0. The van der Waals surface area contributed by atoms with E-state index in [2.05, 4.69) is 35.2 Å². The van der Waals surface area contributed by atoms with Gasteiger partial charge in [0.2, 0.25) is 0 Å². The Labute approximate surface area is 97.4 Å². The van der Waals surface area contributed by atoms with E-state index in [0.717, 1.165) is 18.4 Å². The van der Waals surface area contributed by atoms with Gasteiger partial charge < -0.3 is 5.73 Å². The van der Waals surface area contributed by atoms with Gasteiger partial charge in [0.1, 0.15) is 0 Å². The first kappa shape index (κ1) is 10.3. The third kappa shape index (κ3) is 1.87. The molecule has 86 valence electrons. The predicted octanol–water partition coefficient (Wildman–Crippen LogP) is 1.86. The van der Waals surface area contributed by atoms with Gasteiger partial charge in [-0.05, 0) is 30.2 Å². The van der Waals surface area contributed by atoms with Crippen LogP contribution >= 0.6 is 0 Å². The lowest BCUT2D eigenvalue weighted by atomic mass is 9.98. The minimum Gasteiger partial charge on any atom is -0.327 e. The van der Waals surface area contributed by atoms with Crippen LogP contribution in [-0.4, -0.2) is 24.0 Å². The van der Waals surface area contributed by atoms with Crippen LogP contribution in [0.2, 0.25) is 0 Å². The molecular weight excluding hydrogens is 196 g/mol. The van der Waals surface area contributed by atoms with Crippen LogP contribution < -0.4 is 5.73 Å². The van der Waals surface area contributed by atoms with Gasteiger partial charge >= 0.3 is 0 Å². The first-order valence-electron chi connectivity index (χ1n) is 6.35. The SMILES string of the molecule is N[C@@H]1CCC2CN(Cc3ccccc3)CC21. The highest BCUT2D eigenvalue weighted by Gasteiger charge is 2.40. The molecule has 1 saturated heterocycles. The standard InChI is InChI=1S/C14H20N2/c15-14-7-6-12-9-16(10-13(12)14)8-11-4-2-1-3-5-11/h1-5,12-14H,6-10,15H2/t12?,13?,14-/m1/s1. The van der Waals surface area contributed by atoms with Gasteiger partial charge in [-0.2, -0.15) is 0 Å². The molecule has 1 aliphatic carbocycles. The maximum absolute atomic E-state index is 6.15. The molecule has 16 heavy (non-hydrogen) atoms. The van der Waals surface area contributed by atoms with Gasteiger partial charge in [-0.15, -0.1) is 0 Å². The Kier molecular flexibility index (Phi) is 2.70. The van der Waals surface area contributed by atoms with Crippen LogP contribution in [-0.2, 0) is 6.54 Å². The molecule has 1 aromatic rings. The second-order valence-electron chi connectivity index (χ2n) is 5.34. The normalized spacial score (nSPS) is 34.2. The zero-order valence-corrected chi connectivity index (χ0v) is 9.68. The van der Waals surface area contributed by atoms with E-state index in [1.165, 1.54) is 31.5 Å². The van der Waals surface area contributed by atoms with Crippen molar-refractivity contribution in [2.45, 2.75) is 25.4 Å². The average molecular weight is 216 g/mol. The van der Waals surface area contributed by atoms with E-state index in [-0.39, 0.29) is 0 Å². The quantitative estimate of drug-likeness (QED) is 0.817. The third-order valence-electron chi connectivity index (χ3n) is 4.24. The van der Waals surface area contributed by atoms with Gasteiger partial charge in [-0.3, -0.25) is 4.90 Å². The number of nitrogens with zero attached hydrogens (tertiary/aromatic N) is 1. The number of rotatable bonds is 2. The van der Waals surface area contributed by atoms with Crippen LogP contribution in [0.4, 0.5) is 0 Å². The van der Waals surface area contributed by atoms with E-state index in [4.69, 9.17) is 5.73 Å². The molecule has 1 aromatic carbocycles. The van der Waals surface area contributed by atoms with Crippen molar-refractivity contribution in [3.05, 3.63) is 35.9 Å². The summed E-state index contributed by atoms with van der Waals surface area (Å²) < 4.78 is 0. The predicted molar refractivity (Wildman–Crippen MR) is 65.9 cm³/mol. The molecule has 0 radical (unpaired) electrons. The number of fused-ring (bicyclic) bond motifs is 1. The molecule has 2 aliphatic rings. The van der Waals surface area contributed by atoms with Crippen LogP contribution in [0.1, 0.15) is 18.4 Å². The summed E-state index contributed by atoms with van der Waals surface area (Å²) in [6.07, 6.45) is 2.59. The van der Waals surface area contributed by atoms with Gasteiger partial charge in [0.05, 0.1) is 0 Å².